The van der Waals surface area contributed by atoms with Crippen LogP contribution in [0.2, 0.25) is 0 Å². The molecule has 3 saturated heterocycles. The zero-order valence-electron chi connectivity index (χ0n) is 19.3. The van der Waals surface area contributed by atoms with Crippen LogP contribution in [0.15, 0.2) is 0 Å². The van der Waals surface area contributed by atoms with E-state index in [1.807, 2.05) is 0 Å². The third kappa shape index (κ3) is 4.88. The predicted molar refractivity (Wildman–Crippen MR) is 115 cm³/mol. The van der Waals surface area contributed by atoms with Crippen molar-refractivity contribution in [1.29, 1.82) is 0 Å². The highest BCUT2D eigenvalue weighted by Crippen LogP contribution is 2.34. The smallest absolute Gasteiger partial charge is 0.245 e. The Kier molecular flexibility index (Phi) is 6.82. The topological polar surface area (TPSA) is 162 Å². The minimum atomic E-state index is -1.07. The van der Waals surface area contributed by atoms with E-state index in [-0.39, 0.29) is 37.4 Å². The van der Waals surface area contributed by atoms with Crippen LogP contribution in [-0.2, 0) is 19.2 Å². The van der Waals surface area contributed by atoms with Crippen molar-refractivity contribution in [2.45, 2.75) is 89.8 Å². The molecule has 3 fully saturated rings. The Morgan fingerprint density at radius 2 is 1.84 bits per heavy atom. The third-order valence-corrected chi connectivity index (χ3v) is 7.02. The molecule has 3 aliphatic rings. The van der Waals surface area contributed by atoms with Crippen LogP contribution in [0.3, 0.4) is 0 Å². The number of nitrogens with one attached hydrogen (secondary N) is 2. The first-order valence-corrected chi connectivity index (χ1v) is 11.3. The quantitative estimate of drug-likeness (QED) is 0.343. The Labute approximate surface area is 188 Å². The average molecular weight is 453 g/mol. The molecule has 0 aliphatic carbocycles. The second-order valence-corrected chi connectivity index (χ2v) is 10.8. The highest BCUT2D eigenvalue weighted by Gasteiger charge is 2.49. The molecule has 6 N–H and O–H groups in total. The number of nitrogens with two attached hydrogens (primary N) is 1. The summed E-state index contributed by atoms with van der Waals surface area (Å²) in [6.07, 6.45) is -0.903. The summed E-state index contributed by atoms with van der Waals surface area (Å²) >= 11 is 0. The van der Waals surface area contributed by atoms with E-state index in [0.717, 1.165) is 0 Å². The number of hydrogen-bond acceptors (Lipinski definition) is 8. The number of fused-ring (bicyclic) bond motifs is 1. The Balaban J connectivity index is 1.89. The highest BCUT2D eigenvalue weighted by molar-refractivity contribution is 5.98. The molecule has 0 aromatic rings. The SMILES string of the molecule is CC(C)(C[C@@H]1NC(=O)[C@@H](N)CC(C)(C)C(=O)[C@@H]2C[C@@H](O)CN2C1=O)C(=O)[C@@H]1C[C@@H](O)CN1. The van der Waals surface area contributed by atoms with Crippen molar-refractivity contribution in [3.05, 3.63) is 0 Å². The number of rotatable bonds is 4. The maximum absolute atomic E-state index is 13.5. The number of nitrogens with zero attached hydrogens (tertiary/aromatic N) is 1. The van der Waals surface area contributed by atoms with Crippen LogP contribution in [0.5, 0.6) is 0 Å². The number of β-amino-alcohol motifs (C(OH)–C–C–N with tert-alkyl or cyclic N) is 1. The zero-order chi connectivity index (χ0) is 24.0. The second kappa shape index (κ2) is 8.81. The van der Waals surface area contributed by atoms with E-state index < -0.39 is 59.0 Å². The van der Waals surface area contributed by atoms with Crippen LogP contribution in [0.1, 0.15) is 53.4 Å². The fourth-order valence-corrected chi connectivity index (χ4v) is 5.18. The normalized spacial score (nSPS) is 36.1. The first kappa shape index (κ1) is 24.8. The molecule has 10 nitrogen and oxygen atoms in total. The highest BCUT2D eigenvalue weighted by atomic mass is 16.3. The Morgan fingerprint density at radius 1 is 1.19 bits per heavy atom. The first-order chi connectivity index (χ1) is 14.7. The van der Waals surface area contributed by atoms with Crippen molar-refractivity contribution < 1.29 is 29.4 Å². The fourth-order valence-electron chi connectivity index (χ4n) is 5.18. The number of aliphatic hydroxyl groups excluding tert-OH is 2. The number of amides is 2. The molecule has 0 unspecified atom stereocenters. The molecule has 32 heavy (non-hydrogen) atoms. The standard InChI is InChI=1S/C22H36N4O6/c1-21(2)7-13(23)19(31)25-15(20(32)26-10-12(28)6-16(26)18(21)30)8-22(3,4)17(29)14-5-11(27)9-24-14/h11-16,24,27-28H,5-10,23H2,1-4H3,(H,25,31)/t11-,12-,13+,14+,15+,16+/m1/s1. The van der Waals surface area contributed by atoms with Gasteiger partial charge in [0.15, 0.2) is 11.6 Å². The van der Waals surface area contributed by atoms with Gasteiger partial charge in [0.1, 0.15) is 6.04 Å². The van der Waals surface area contributed by atoms with E-state index in [2.05, 4.69) is 10.6 Å². The molecule has 0 spiro atoms. The number of hydrogen-bond donors (Lipinski definition) is 5. The van der Waals surface area contributed by atoms with E-state index in [9.17, 15) is 29.4 Å². The molecule has 0 aromatic carbocycles. The van der Waals surface area contributed by atoms with Crippen molar-refractivity contribution in [2.24, 2.45) is 16.6 Å². The lowest BCUT2D eigenvalue weighted by atomic mass is 9.76. The summed E-state index contributed by atoms with van der Waals surface area (Å²) in [7, 11) is 0. The molecule has 0 aromatic heterocycles. The van der Waals surface area contributed by atoms with Gasteiger partial charge in [-0.2, -0.15) is 0 Å². The van der Waals surface area contributed by atoms with Crippen LogP contribution in [0, 0.1) is 10.8 Å². The maximum Gasteiger partial charge on any atom is 0.245 e. The summed E-state index contributed by atoms with van der Waals surface area (Å²) < 4.78 is 0. The van der Waals surface area contributed by atoms with Crippen molar-refractivity contribution in [3.63, 3.8) is 0 Å². The molecule has 180 valence electrons. The van der Waals surface area contributed by atoms with Crippen molar-refractivity contribution >= 4 is 23.4 Å². The summed E-state index contributed by atoms with van der Waals surface area (Å²) in [4.78, 5) is 54.0. The van der Waals surface area contributed by atoms with E-state index in [0.29, 0.717) is 13.0 Å². The average Bonchev–Trinajstić information content (AvgIpc) is 3.29. The zero-order valence-corrected chi connectivity index (χ0v) is 19.3. The minimum absolute atomic E-state index is 0.00546. The van der Waals surface area contributed by atoms with E-state index in [1.165, 1.54) is 4.90 Å². The largest absolute Gasteiger partial charge is 0.392 e. The molecule has 0 bridgehead atoms. The summed E-state index contributed by atoms with van der Waals surface area (Å²) in [5.41, 5.74) is 4.13. The Hall–Kier alpha value is -1.88. The predicted octanol–water partition coefficient (Wildman–Crippen LogP) is -1.53. The monoisotopic (exact) mass is 452 g/mol. The lowest BCUT2D eigenvalue weighted by molar-refractivity contribution is -0.147. The van der Waals surface area contributed by atoms with Gasteiger partial charge in [0, 0.05) is 30.3 Å². The van der Waals surface area contributed by atoms with Crippen molar-refractivity contribution in [3.8, 4) is 0 Å². The molecule has 0 saturated carbocycles. The maximum atomic E-state index is 13.5. The molecule has 3 aliphatic heterocycles. The van der Waals surface area contributed by atoms with Crippen molar-refractivity contribution in [1.82, 2.24) is 15.5 Å². The van der Waals surface area contributed by atoms with E-state index >= 15 is 0 Å². The van der Waals surface area contributed by atoms with Crippen LogP contribution < -0.4 is 16.4 Å². The molecule has 3 heterocycles. The number of carbonyl (C=O) groups excluding carboxylic acids is 4. The van der Waals surface area contributed by atoms with Gasteiger partial charge in [0.05, 0.1) is 30.3 Å². The number of ketones is 2. The third-order valence-electron chi connectivity index (χ3n) is 7.02. The summed E-state index contributed by atoms with van der Waals surface area (Å²) in [6, 6.07) is -3.40. The summed E-state index contributed by atoms with van der Waals surface area (Å²) in [6.45, 7) is 7.11. The Bertz CT molecular complexity index is 797. The van der Waals surface area contributed by atoms with Gasteiger partial charge >= 0.3 is 0 Å². The number of aliphatic hydroxyl groups is 2. The van der Waals surface area contributed by atoms with Gasteiger partial charge in [-0.1, -0.05) is 27.7 Å². The molecule has 6 atom stereocenters. The van der Waals surface area contributed by atoms with Gasteiger partial charge in [0.2, 0.25) is 11.8 Å². The summed E-state index contributed by atoms with van der Waals surface area (Å²) in [5.74, 6) is -1.45. The first-order valence-electron chi connectivity index (χ1n) is 11.3. The van der Waals surface area contributed by atoms with Gasteiger partial charge in [-0.3, -0.25) is 19.2 Å². The van der Waals surface area contributed by atoms with Crippen LogP contribution in [0.4, 0.5) is 0 Å². The van der Waals surface area contributed by atoms with E-state index in [1.54, 1.807) is 27.7 Å². The fraction of sp³-hybridized carbons (Fsp3) is 0.818. The number of Topliss-reactive ketones (excluding diaryl/α,β-unsaturated/α-hetero) is 2. The second-order valence-electron chi connectivity index (χ2n) is 10.8. The lowest BCUT2D eigenvalue weighted by Crippen LogP contribution is -2.59. The van der Waals surface area contributed by atoms with Crippen molar-refractivity contribution in [2.75, 3.05) is 13.1 Å². The van der Waals surface area contributed by atoms with Gasteiger partial charge in [-0.15, -0.1) is 0 Å². The molecular formula is C22H36N4O6. The summed E-state index contributed by atoms with van der Waals surface area (Å²) in [5, 5.41) is 25.7. The molecule has 2 amide bonds. The van der Waals surface area contributed by atoms with Gasteiger partial charge in [0.25, 0.3) is 0 Å². The Morgan fingerprint density at radius 3 is 2.44 bits per heavy atom. The minimum Gasteiger partial charge on any atom is -0.392 e. The number of carbonyl (C=O) groups is 4. The van der Waals surface area contributed by atoms with Crippen LogP contribution >= 0.6 is 0 Å². The van der Waals surface area contributed by atoms with Gasteiger partial charge in [-0.25, -0.2) is 0 Å². The van der Waals surface area contributed by atoms with E-state index in [4.69, 9.17) is 5.73 Å². The van der Waals surface area contributed by atoms with Gasteiger partial charge < -0.3 is 31.5 Å². The lowest BCUT2D eigenvalue weighted by Gasteiger charge is -2.38. The molecule has 3 rings (SSSR count). The molecule has 0 radical (unpaired) electrons. The van der Waals surface area contributed by atoms with Gasteiger partial charge in [-0.05, 0) is 19.3 Å². The van der Waals surface area contributed by atoms with Crippen LogP contribution in [0.25, 0.3) is 0 Å². The molecular weight excluding hydrogens is 416 g/mol. The van der Waals surface area contributed by atoms with Crippen LogP contribution in [-0.4, -0.2) is 88.0 Å². The molecule has 10 heteroatoms.